The third-order valence-corrected chi connectivity index (χ3v) is 6.47. The van der Waals surface area contributed by atoms with Gasteiger partial charge in [0.2, 0.25) is 0 Å². The molecule has 4 nitrogen and oxygen atoms in total. The molecule has 150 valence electrons. The van der Waals surface area contributed by atoms with Crippen molar-refractivity contribution in [3.05, 3.63) is 35.4 Å². The molecule has 0 aliphatic carbocycles. The fraction of sp³-hybridized carbons (Fsp3) is 0.636. The zero-order valence-electron chi connectivity index (χ0n) is 17.5. The number of carbonyl (C=O) groups is 2. The Labute approximate surface area is 168 Å². The summed E-state index contributed by atoms with van der Waals surface area (Å²) in [6.07, 6.45) is 1.82. The first-order valence-electron chi connectivity index (χ1n) is 9.88. The Hall–Kier alpha value is -1.49. The molecule has 2 rings (SSSR count). The molecular weight excluding hydrogens is 358 g/mol. The van der Waals surface area contributed by atoms with Crippen LogP contribution >= 0.6 is 11.8 Å². The maximum atomic E-state index is 13.3. The van der Waals surface area contributed by atoms with E-state index < -0.39 is 6.04 Å². The maximum Gasteiger partial charge on any atom is 0.329 e. The third kappa shape index (κ3) is 5.28. The van der Waals surface area contributed by atoms with Crippen molar-refractivity contribution in [3.63, 3.8) is 0 Å². The topological polar surface area (TPSA) is 46.6 Å². The van der Waals surface area contributed by atoms with E-state index in [2.05, 4.69) is 41.5 Å². The lowest BCUT2D eigenvalue weighted by Gasteiger charge is -2.30. The largest absolute Gasteiger partial charge is 0.464 e. The van der Waals surface area contributed by atoms with Crippen LogP contribution in [0.25, 0.3) is 0 Å². The fourth-order valence-corrected chi connectivity index (χ4v) is 4.62. The average Bonchev–Trinajstić information content (AvgIpc) is 3.06. The van der Waals surface area contributed by atoms with Crippen molar-refractivity contribution < 1.29 is 14.3 Å². The maximum absolute atomic E-state index is 13.3. The van der Waals surface area contributed by atoms with Crippen LogP contribution in [0, 0.1) is 5.92 Å². The van der Waals surface area contributed by atoms with Crippen LogP contribution in [-0.4, -0.2) is 40.6 Å². The van der Waals surface area contributed by atoms with Crippen LogP contribution in [-0.2, 0) is 14.9 Å². The summed E-state index contributed by atoms with van der Waals surface area (Å²) in [6, 6.07) is 7.27. The van der Waals surface area contributed by atoms with Crippen LogP contribution in [0.2, 0.25) is 0 Å². The molecule has 1 amide bonds. The first kappa shape index (κ1) is 21.8. The summed E-state index contributed by atoms with van der Waals surface area (Å²) in [6.45, 7) is 13.1. The minimum Gasteiger partial charge on any atom is -0.464 e. The highest BCUT2D eigenvalue weighted by molar-refractivity contribution is 8.00. The summed E-state index contributed by atoms with van der Waals surface area (Å²) in [4.78, 5) is 27.6. The third-order valence-electron chi connectivity index (χ3n) is 4.85. The van der Waals surface area contributed by atoms with Gasteiger partial charge >= 0.3 is 5.97 Å². The van der Waals surface area contributed by atoms with Crippen molar-refractivity contribution in [1.29, 1.82) is 0 Å². The summed E-state index contributed by atoms with van der Waals surface area (Å²) < 4.78 is 5.43. The molecule has 1 aliphatic heterocycles. The van der Waals surface area contributed by atoms with E-state index in [0.717, 1.165) is 12.8 Å². The van der Waals surface area contributed by atoms with E-state index in [9.17, 15) is 9.59 Å². The van der Waals surface area contributed by atoms with Gasteiger partial charge in [-0.2, -0.15) is 0 Å². The van der Waals surface area contributed by atoms with Crippen LogP contribution in [0.15, 0.2) is 24.3 Å². The molecule has 1 heterocycles. The first-order valence-corrected chi connectivity index (χ1v) is 10.9. The van der Waals surface area contributed by atoms with Gasteiger partial charge in [0.15, 0.2) is 0 Å². The molecule has 0 radical (unpaired) electrons. The minimum absolute atomic E-state index is 0.0106. The number of esters is 1. The molecule has 27 heavy (non-hydrogen) atoms. The number of carbonyl (C=O) groups excluding carboxylic acids is 2. The molecule has 0 aromatic heterocycles. The SMILES string of the molecule is CCCCOC(=O)[C@@H]1CS[C@@H](C(C)C)N1C(=O)c1ccc(C(C)(C)C)cc1. The number of hydrogen-bond acceptors (Lipinski definition) is 4. The van der Waals surface area contributed by atoms with Gasteiger partial charge in [-0.25, -0.2) is 4.79 Å². The number of unbranched alkanes of at least 4 members (excludes halogenated alkanes) is 1. The quantitative estimate of drug-likeness (QED) is 0.513. The van der Waals surface area contributed by atoms with E-state index in [4.69, 9.17) is 4.74 Å². The molecule has 1 aromatic rings. The van der Waals surface area contributed by atoms with Crippen molar-refractivity contribution in [3.8, 4) is 0 Å². The predicted molar refractivity (Wildman–Crippen MR) is 112 cm³/mol. The molecule has 1 saturated heterocycles. The van der Waals surface area contributed by atoms with Crippen LogP contribution in [0.4, 0.5) is 0 Å². The van der Waals surface area contributed by atoms with Crippen molar-refractivity contribution in [2.24, 2.45) is 5.92 Å². The van der Waals surface area contributed by atoms with Gasteiger partial charge in [-0.15, -0.1) is 11.8 Å². The Morgan fingerprint density at radius 1 is 1.22 bits per heavy atom. The monoisotopic (exact) mass is 391 g/mol. The van der Waals surface area contributed by atoms with Crippen molar-refractivity contribution in [2.75, 3.05) is 12.4 Å². The molecule has 1 fully saturated rings. The number of ether oxygens (including phenoxy) is 1. The van der Waals surface area contributed by atoms with E-state index >= 15 is 0 Å². The summed E-state index contributed by atoms with van der Waals surface area (Å²) in [5, 5.41) is -0.0106. The Morgan fingerprint density at radius 2 is 1.85 bits per heavy atom. The second-order valence-electron chi connectivity index (χ2n) is 8.54. The van der Waals surface area contributed by atoms with Crippen LogP contribution < -0.4 is 0 Å². The average molecular weight is 392 g/mol. The van der Waals surface area contributed by atoms with Crippen molar-refractivity contribution in [2.45, 2.75) is 71.2 Å². The molecule has 1 aliphatic rings. The normalized spacial score (nSPS) is 20.2. The molecule has 0 spiro atoms. The van der Waals surface area contributed by atoms with Gasteiger partial charge in [0.25, 0.3) is 5.91 Å². The molecule has 5 heteroatoms. The zero-order chi connectivity index (χ0) is 20.2. The highest BCUT2D eigenvalue weighted by Crippen LogP contribution is 2.36. The van der Waals surface area contributed by atoms with E-state index in [-0.39, 0.29) is 28.6 Å². The number of nitrogens with zero attached hydrogens (tertiary/aromatic N) is 1. The van der Waals surface area contributed by atoms with Gasteiger partial charge in [-0.3, -0.25) is 4.79 Å². The number of thioether (sulfide) groups is 1. The minimum atomic E-state index is -0.506. The lowest BCUT2D eigenvalue weighted by atomic mass is 9.86. The summed E-state index contributed by atoms with van der Waals surface area (Å²) in [7, 11) is 0. The lowest BCUT2D eigenvalue weighted by molar-refractivity contribution is -0.148. The first-order chi connectivity index (χ1) is 12.7. The van der Waals surface area contributed by atoms with Gasteiger partial charge < -0.3 is 9.64 Å². The standard InChI is InChI=1S/C22H33NO3S/c1-7-8-13-26-21(25)18-14-27-20(15(2)3)23(18)19(24)16-9-11-17(12-10-16)22(4,5)6/h9-12,15,18,20H,7-8,13-14H2,1-6H3/t18-,20-/m0/s1. The second kappa shape index (κ2) is 9.13. The number of rotatable bonds is 6. The highest BCUT2D eigenvalue weighted by Gasteiger charge is 2.43. The van der Waals surface area contributed by atoms with Crippen LogP contribution in [0.3, 0.4) is 0 Å². The summed E-state index contributed by atoms with van der Waals surface area (Å²) >= 11 is 1.67. The van der Waals surface area contributed by atoms with E-state index in [0.29, 0.717) is 17.9 Å². The van der Waals surface area contributed by atoms with E-state index in [1.807, 2.05) is 24.3 Å². The van der Waals surface area contributed by atoms with Crippen LogP contribution in [0.1, 0.15) is 70.3 Å². The number of hydrogen-bond donors (Lipinski definition) is 0. The Kier molecular flexibility index (Phi) is 7.38. The highest BCUT2D eigenvalue weighted by atomic mass is 32.2. The molecule has 0 bridgehead atoms. The van der Waals surface area contributed by atoms with Gasteiger partial charge in [-0.05, 0) is 35.4 Å². The smallest absolute Gasteiger partial charge is 0.329 e. The second-order valence-corrected chi connectivity index (χ2v) is 9.69. The van der Waals surface area contributed by atoms with Gasteiger partial charge in [-0.1, -0.05) is 60.1 Å². The van der Waals surface area contributed by atoms with Gasteiger partial charge in [0.1, 0.15) is 6.04 Å². The fourth-order valence-electron chi connectivity index (χ4n) is 3.16. The molecule has 2 atom stereocenters. The van der Waals surface area contributed by atoms with Crippen molar-refractivity contribution in [1.82, 2.24) is 4.90 Å². The number of amides is 1. The molecule has 0 N–H and O–H groups in total. The summed E-state index contributed by atoms with van der Waals surface area (Å²) in [5.74, 6) is 0.496. The molecular formula is C22H33NO3S. The van der Waals surface area contributed by atoms with E-state index in [1.54, 1.807) is 16.7 Å². The van der Waals surface area contributed by atoms with Crippen molar-refractivity contribution >= 4 is 23.6 Å². The molecule has 0 unspecified atom stereocenters. The number of benzene rings is 1. The zero-order valence-corrected chi connectivity index (χ0v) is 18.3. The van der Waals surface area contributed by atoms with Crippen LogP contribution in [0.5, 0.6) is 0 Å². The van der Waals surface area contributed by atoms with E-state index in [1.165, 1.54) is 5.56 Å². The molecule has 1 aromatic carbocycles. The Morgan fingerprint density at radius 3 is 2.37 bits per heavy atom. The van der Waals surface area contributed by atoms with Gasteiger partial charge in [0.05, 0.1) is 12.0 Å². The molecule has 0 saturated carbocycles. The predicted octanol–water partition coefficient (Wildman–Crippen LogP) is 4.87. The lowest BCUT2D eigenvalue weighted by Crippen LogP contribution is -2.47. The Bertz CT molecular complexity index is 649. The van der Waals surface area contributed by atoms with Gasteiger partial charge in [0, 0.05) is 11.3 Å². The Balaban J connectivity index is 2.23. The summed E-state index contributed by atoms with van der Waals surface area (Å²) in [5.41, 5.74) is 1.85.